The van der Waals surface area contributed by atoms with Gasteiger partial charge in [0.25, 0.3) is 5.91 Å². The Balaban J connectivity index is 2.15. The van der Waals surface area contributed by atoms with Crippen molar-refractivity contribution in [3.05, 3.63) is 66.4 Å². The monoisotopic (exact) mass is 240 g/mol. The van der Waals surface area contributed by atoms with E-state index in [1.54, 1.807) is 42.7 Å². The van der Waals surface area contributed by atoms with Crippen molar-refractivity contribution in [3.8, 4) is 0 Å². The molecule has 0 aliphatic carbocycles. The first-order valence-electron chi connectivity index (χ1n) is 5.48. The van der Waals surface area contributed by atoms with Gasteiger partial charge < -0.3 is 0 Å². The van der Waals surface area contributed by atoms with Gasteiger partial charge in [-0.15, -0.1) is 0 Å². The fourth-order valence-corrected chi connectivity index (χ4v) is 1.89. The van der Waals surface area contributed by atoms with Gasteiger partial charge in [-0.2, -0.15) is 0 Å². The van der Waals surface area contributed by atoms with Gasteiger partial charge in [0.15, 0.2) is 0 Å². The molecule has 0 fully saturated rings. The van der Waals surface area contributed by atoms with E-state index < -0.39 is 0 Å². The predicted octanol–water partition coefficient (Wildman–Crippen LogP) is 2.86. The van der Waals surface area contributed by atoms with Crippen LogP contribution in [0, 0.1) is 5.82 Å². The lowest BCUT2D eigenvalue weighted by Crippen LogP contribution is -2.12. The van der Waals surface area contributed by atoms with E-state index in [-0.39, 0.29) is 11.7 Å². The molecule has 0 aliphatic rings. The zero-order valence-corrected chi connectivity index (χ0v) is 9.38. The van der Waals surface area contributed by atoms with Crippen molar-refractivity contribution >= 4 is 16.8 Å². The minimum Gasteiger partial charge on any atom is -0.282 e. The number of carbonyl (C=O) groups excluding carboxylic acids is 1. The smallest absolute Gasteiger partial charge is 0.280 e. The van der Waals surface area contributed by atoms with Crippen molar-refractivity contribution < 1.29 is 9.18 Å². The van der Waals surface area contributed by atoms with Gasteiger partial charge >= 0.3 is 0 Å². The number of rotatable bonds is 1. The molecule has 3 aromatic rings. The van der Waals surface area contributed by atoms with Crippen LogP contribution in [0.2, 0.25) is 0 Å². The molecular weight excluding hydrogens is 231 g/mol. The summed E-state index contributed by atoms with van der Waals surface area (Å²) in [5.74, 6) is -0.632. The van der Waals surface area contributed by atoms with Crippen LogP contribution < -0.4 is 0 Å². The summed E-state index contributed by atoms with van der Waals surface area (Å²) in [6.07, 6.45) is 3.18. The summed E-state index contributed by atoms with van der Waals surface area (Å²) < 4.78 is 14.6. The van der Waals surface area contributed by atoms with E-state index in [1.165, 1.54) is 16.7 Å². The molecule has 4 heteroatoms. The average molecular weight is 240 g/mol. The molecule has 0 saturated heterocycles. The quantitative estimate of drug-likeness (QED) is 0.655. The standard InChI is InChI=1S/C14H9FN2O/c15-11-5-4-10-6-8-17(13(10)9-11)14(18)12-3-1-2-7-16-12/h1-9H. The van der Waals surface area contributed by atoms with Crippen molar-refractivity contribution in [2.24, 2.45) is 0 Å². The van der Waals surface area contributed by atoms with Crippen LogP contribution in [0.25, 0.3) is 10.9 Å². The van der Waals surface area contributed by atoms with E-state index in [1.807, 2.05) is 0 Å². The minimum absolute atomic E-state index is 0.267. The molecule has 3 nitrogen and oxygen atoms in total. The number of pyridine rings is 1. The van der Waals surface area contributed by atoms with E-state index in [4.69, 9.17) is 0 Å². The maximum absolute atomic E-state index is 13.2. The van der Waals surface area contributed by atoms with Gasteiger partial charge in [0.05, 0.1) is 5.52 Å². The summed E-state index contributed by atoms with van der Waals surface area (Å²) in [4.78, 5) is 16.2. The summed E-state index contributed by atoms with van der Waals surface area (Å²) in [6.45, 7) is 0. The molecule has 0 radical (unpaired) electrons. The van der Waals surface area contributed by atoms with Crippen LogP contribution >= 0.6 is 0 Å². The Morgan fingerprint density at radius 3 is 2.83 bits per heavy atom. The van der Waals surface area contributed by atoms with Crippen LogP contribution in [-0.4, -0.2) is 15.5 Å². The van der Waals surface area contributed by atoms with E-state index in [0.29, 0.717) is 11.2 Å². The van der Waals surface area contributed by atoms with Crippen LogP contribution in [-0.2, 0) is 0 Å². The Labute approximate surface area is 103 Å². The maximum atomic E-state index is 13.2. The SMILES string of the molecule is O=C(c1ccccn1)n1ccc2ccc(F)cc21. The fourth-order valence-electron chi connectivity index (χ4n) is 1.89. The third-order valence-electron chi connectivity index (χ3n) is 2.76. The first-order chi connectivity index (χ1) is 8.75. The zero-order valence-electron chi connectivity index (χ0n) is 9.38. The molecule has 0 spiro atoms. The number of hydrogen-bond donors (Lipinski definition) is 0. The lowest BCUT2D eigenvalue weighted by Gasteiger charge is -2.03. The highest BCUT2D eigenvalue weighted by molar-refractivity contribution is 6.00. The van der Waals surface area contributed by atoms with Gasteiger partial charge in [0, 0.05) is 17.8 Å². The Hall–Kier alpha value is -2.49. The first-order valence-corrected chi connectivity index (χ1v) is 5.48. The summed E-state index contributed by atoms with van der Waals surface area (Å²) in [7, 11) is 0. The van der Waals surface area contributed by atoms with Crippen molar-refractivity contribution in [3.63, 3.8) is 0 Å². The van der Waals surface area contributed by atoms with Crippen molar-refractivity contribution in [1.29, 1.82) is 0 Å². The molecule has 18 heavy (non-hydrogen) atoms. The fraction of sp³-hybridized carbons (Fsp3) is 0. The molecule has 88 valence electrons. The number of benzene rings is 1. The molecule has 1 aromatic carbocycles. The first kappa shape index (κ1) is 10.7. The second-order valence-corrected chi connectivity index (χ2v) is 3.91. The lowest BCUT2D eigenvalue weighted by atomic mass is 10.2. The van der Waals surface area contributed by atoms with E-state index in [9.17, 15) is 9.18 Å². The van der Waals surface area contributed by atoms with Crippen molar-refractivity contribution in [1.82, 2.24) is 9.55 Å². The Morgan fingerprint density at radius 2 is 2.06 bits per heavy atom. The molecule has 0 amide bonds. The third kappa shape index (κ3) is 1.68. The molecule has 0 unspecified atom stereocenters. The Morgan fingerprint density at radius 1 is 1.17 bits per heavy atom. The minimum atomic E-state index is -0.365. The average Bonchev–Trinajstić information content (AvgIpc) is 2.82. The number of fused-ring (bicyclic) bond motifs is 1. The van der Waals surface area contributed by atoms with Crippen LogP contribution in [0.15, 0.2) is 54.9 Å². The topological polar surface area (TPSA) is 34.9 Å². The molecule has 0 bridgehead atoms. The number of halogens is 1. The van der Waals surface area contributed by atoms with Gasteiger partial charge in [0.2, 0.25) is 0 Å². The van der Waals surface area contributed by atoms with E-state index in [2.05, 4.69) is 4.98 Å². The van der Waals surface area contributed by atoms with Gasteiger partial charge in [-0.1, -0.05) is 6.07 Å². The molecule has 3 rings (SSSR count). The van der Waals surface area contributed by atoms with Crippen LogP contribution in [0.1, 0.15) is 10.5 Å². The maximum Gasteiger partial charge on any atom is 0.280 e. The van der Waals surface area contributed by atoms with Crippen molar-refractivity contribution in [2.75, 3.05) is 0 Å². The second-order valence-electron chi connectivity index (χ2n) is 3.91. The highest BCUT2D eigenvalue weighted by Gasteiger charge is 2.12. The number of hydrogen-bond acceptors (Lipinski definition) is 2. The van der Waals surface area contributed by atoms with Gasteiger partial charge in [-0.05, 0) is 36.4 Å². The molecule has 2 heterocycles. The van der Waals surface area contributed by atoms with Crippen LogP contribution in [0.4, 0.5) is 4.39 Å². The van der Waals surface area contributed by atoms with Crippen molar-refractivity contribution in [2.45, 2.75) is 0 Å². The normalized spacial score (nSPS) is 10.7. The van der Waals surface area contributed by atoms with Gasteiger partial charge in [0.1, 0.15) is 11.5 Å². The van der Waals surface area contributed by atoms with Gasteiger partial charge in [-0.25, -0.2) is 4.39 Å². The molecule has 0 N–H and O–H groups in total. The molecule has 0 atom stereocenters. The number of nitrogens with zero attached hydrogens (tertiary/aromatic N) is 2. The Kier molecular flexibility index (Phi) is 2.41. The third-order valence-corrected chi connectivity index (χ3v) is 2.76. The summed E-state index contributed by atoms with van der Waals surface area (Å²) in [6, 6.07) is 11.3. The summed E-state index contributed by atoms with van der Waals surface area (Å²) >= 11 is 0. The summed E-state index contributed by atoms with van der Waals surface area (Å²) in [5.41, 5.74) is 0.880. The second kappa shape index (κ2) is 4.07. The Bertz CT molecular complexity index is 719. The predicted molar refractivity (Wildman–Crippen MR) is 65.9 cm³/mol. The van der Waals surface area contributed by atoms with E-state index in [0.717, 1.165) is 5.39 Å². The molecule has 0 saturated carbocycles. The highest BCUT2D eigenvalue weighted by Crippen LogP contribution is 2.18. The van der Waals surface area contributed by atoms with Crippen LogP contribution in [0.3, 0.4) is 0 Å². The molecule has 0 aliphatic heterocycles. The highest BCUT2D eigenvalue weighted by atomic mass is 19.1. The molecule has 2 aromatic heterocycles. The lowest BCUT2D eigenvalue weighted by molar-refractivity contribution is 0.0960. The zero-order chi connectivity index (χ0) is 12.5. The number of carbonyl (C=O) groups is 1. The molecular formula is C14H9FN2O. The van der Waals surface area contributed by atoms with Gasteiger partial charge in [-0.3, -0.25) is 14.3 Å². The number of aromatic nitrogens is 2. The van der Waals surface area contributed by atoms with E-state index >= 15 is 0 Å². The summed E-state index contributed by atoms with van der Waals surface area (Å²) in [5, 5.41) is 0.820. The van der Waals surface area contributed by atoms with Crippen LogP contribution in [0.5, 0.6) is 0 Å². The largest absolute Gasteiger partial charge is 0.282 e.